The summed E-state index contributed by atoms with van der Waals surface area (Å²) in [5.74, 6) is -0.257. The molecule has 0 saturated heterocycles. The summed E-state index contributed by atoms with van der Waals surface area (Å²) in [7, 11) is 3.95. The van der Waals surface area contributed by atoms with Crippen molar-refractivity contribution in [3.05, 3.63) is 33.8 Å². The fourth-order valence-electron chi connectivity index (χ4n) is 4.37. The lowest BCUT2D eigenvalue weighted by atomic mass is 9.97. The smallest absolute Gasteiger partial charge is 0.339 e. The van der Waals surface area contributed by atoms with Crippen LogP contribution in [0.5, 0.6) is 0 Å². The second-order valence-electron chi connectivity index (χ2n) is 8.48. The van der Waals surface area contributed by atoms with Gasteiger partial charge in [-0.1, -0.05) is 6.42 Å². The fourth-order valence-corrected chi connectivity index (χ4v) is 5.63. The van der Waals surface area contributed by atoms with Crippen molar-refractivity contribution in [2.75, 3.05) is 19.0 Å². The zero-order valence-electron chi connectivity index (χ0n) is 17.5. The highest BCUT2D eigenvalue weighted by atomic mass is 32.1. The summed E-state index contributed by atoms with van der Waals surface area (Å²) in [4.78, 5) is 21.0. The molecule has 1 N–H and O–H groups in total. The molecular weight excluding hydrogens is 384 g/mol. The summed E-state index contributed by atoms with van der Waals surface area (Å²) in [6, 6.07) is 4.01. The summed E-state index contributed by atoms with van der Waals surface area (Å²) >= 11 is 1.52. The molecule has 1 unspecified atom stereocenters. The first kappa shape index (κ1) is 20.4. The van der Waals surface area contributed by atoms with Crippen LogP contribution in [0.25, 0.3) is 10.6 Å². The van der Waals surface area contributed by atoms with E-state index in [4.69, 9.17) is 9.72 Å². The number of aryl methyl sites for hydroxylation is 2. The highest BCUT2D eigenvalue weighted by Gasteiger charge is 2.28. The molecule has 1 saturated carbocycles. The number of carbonyl (C=O) groups is 1. The van der Waals surface area contributed by atoms with Crippen molar-refractivity contribution >= 4 is 23.0 Å². The number of thiazole rings is 1. The number of anilines is 1. The van der Waals surface area contributed by atoms with Gasteiger partial charge in [0.25, 0.3) is 0 Å². The van der Waals surface area contributed by atoms with Crippen LogP contribution in [-0.4, -0.2) is 36.3 Å². The number of esters is 1. The van der Waals surface area contributed by atoms with Crippen LogP contribution in [0.1, 0.15) is 77.5 Å². The van der Waals surface area contributed by atoms with E-state index in [-0.39, 0.29) is 12.1 Å². The molecule has 0 radical (unpaired) electrons. The molecule has 156 valence electrons. The number of ether oxygens (including phenoxy) is 1. The minimum Gasteiger partial charge on any atom is -0.459 e. The third-order valence-corrected chi connectivity index (χ3v) is 7.23. The van der Waals surface area contributed by atoms with Gasteiger partial charge in [0.2, 0.25) is 0 Å². The molecule has 1 heterocycles. The van der Waals surface area contributed by atoms with Gasteiger partial charge in [-0.3, -0.25) is 0 Å². The normalized spacial score (nSPS) is 19.7. The van der Waals surface area contributed by atoms with E-state index in [0.29, 0.717) is 5.56 Å². The topological polar surface area (TPSA) is 62.7 Å². The first-order valence-electron chi connectivity index (χ1n) is 10.6. The average molecular weight is 415 g/mol. The number of fused-ring (bicyclic) bond motifs is 1. The molecule has 2 aliphatic carbocycles. The number of hydrogen-bond donors (Lipinski definition) is 1. The van der Waals surface area contributed by atoms with Gasteiger partial charge in [-0.2, -0.15) is 0 Å². The van der Waals surface area contributed by atoms with Gasteiger partial charge < -0.3 is 14.7 Å². The molecule has 2 aromatic rings. The Hall–Kier alpha value is -1.92. The van der Waals surface area contributed by atoms with Gasteiger partial charge >= 0.3 is 5.97 Å². The van der Waals surface area contributed by atoms with Crippen LogP contribution in [0, 0.1) is 6.92 Å². The molecule has 2 aliphatic rings. The maximum atomic E-state index is 13.2. The highest BCUT2D eigenvalue weighted by molar-refractivity contribution is 7.15. The standard InChI is InChI=1S/C23H30N2O3S/c1-14-12-15(25(2)3)13-17(23(27)28-16-8-5-4-6-9-16)20(14)22-24-18-10-7-11-19(26)21(18)29-22/h12-13,16,19,26H,4-11H2,1-3H3. The number of hydrogen-bond acceptors (Lipinski definition) is 6. The van der Waals surface area contributed by atoms with Crippen molar-refractivity contribution in [2.45, 2.75) is 70.5 Å². The van der Waals surface area contributed by atoms with Gasteiger partial charge in [-0.15, -0.1) is 11.3 Å². The quantitative estimate of drug-likeness (QED) is 0.710. The van der Waals surface area contributed by atoms with Gasteiger partial charge in [0.05, 0.1) is 22.2 Å². The summed E-state index contributed by atoms with van der Waals surface area (Å²) in [6.45, 7) is 2.02. The summed E-state index contributed by atoms with van der Waals surface area (Å²) in [6.07, 6.45) is 7.56. The van der Waals surface area contributed by atoms with E-state index in [9.17, 15) is 9.90 Å². The third-order valence-electron chi connectivity index (χ3n) is 6.02. The van der Waals surface area contributed by atoms with Crippen molar-refractivity contribution in [3.8, 4) is 10.6 Å². The molecule has 5 nitrogen and oxygen atoms in total. The van der Waals surface area contributed by atoms with E-state index in [2.05, 4.69) is 6.07 Å². The zero-order valence-corrected chi connectivity index (χ0v) is 18.3. The SMILES string of the molecule is Cc1cc(N(C)C)cc(C(=O)OC2CCCCC2)c1-c1nc2c(s1)C(O)CCC2. The van der Waals surface area contributed by atoms with Crippen LogP contribution in [0.15, 0.2) is 12.1 Å². The van der Waals surface area contributed by atoms with Crippen molar-refractivity contribution in [1.29, 1.82) is 0 Å². The van der Waals surface area contributed by atoms with Crippen LogP contribution in [0.2, 0.25) is 0 Å². The Morgan fingerprint density at radius 3 is 2.62 bits per heavy atom. The first-order valence-corrected chi connectivity index (χ1v) is 11.5. The van der Waals surface area contributed by atoms with E-state index in [1.54, 1.807) is 0 Å². The van der Waals surface area contributed by atoms with Gasteiger partial charge in [-0.05, 0) is 69.6 Å². The minimum atomic E-state index is -0.441. The largest absolute Gasteiger partial charge is 0.459 e. The molecule has 1 aromatic carbocycles. The number of aromatic nitrogens is 1. The fraction of sp³-hybridized carbons (Fsp3) is 0.565. The number of rotatable bonds is 4. The maximum Gasteiger partial charge on any atom is 0.339 e. The molecule has 0 bridgehead atoms. The Labute approximate surface area is 176 Å². The van der Waals surface area contributed by atoms with Crippen molar-refractivity contribution in [1.82, 2.24) is 4.98 Å². The molecule has 0 spiro atoms. The zero-order chi connectivity index (χ0) is 20.5. The number of aliphatic hydroxyl groups is 1. The van der Waals surface area contributed by atoms with Crippen LogP contribution < -0.4 is 4.90 Å². The lowest BCUT2D eigenvalue weighted by Gasteiger charge is -2.23. The van der Waals surface area contributed by atoms with Crippen LogP contribution >= 0.6 is 11.3 Å². The average Bonchev–Trinajstić information content (AvgIpc) is 3.13. The maximum absolute atomic E-state index is 13.2. The second-order valence-corrected chi connectivity index (χ2v) is 9.51. The van der Waals surface area contributed by atoms with Crippen LogP contribution in [0.3, 0.4) is 0 Å². The molecular formula is C23H30N2O3S. The van der Waals surface area contributed by atoms with E-state index < -0.39 is 6.10 Å². The van der Waals surface area contributed by atoms with Gasteiger partial charge in [0.1, 0.15) is 11.1 Å². The Morgan fingerprint density at radius 2 is 1.93 bits per heavy atom. The Bertz CT molecular complexity index is 900. The van der Waals surface area contributed by atoms with Crippen molar-refractivity contribution in [2.24, 2.45) is 0 Å². The molecule has 4 rings (SSSR count). The van der Waals surface area contributed by atoms with Crippen molar-refractivity contribution < 1.29 is 14.6 Å². The predicted molar refractivity (Wildman–Crippen MR) is 117 cm³/mol. The van der Waals surface area contributed by atoms with E-state index >= 15 is 0 Å². The van der Waals surface area contributed by atoms with Gasteiger partial charge in [0.15, 0.2) is 0 Å². The van der Waals surface area contributed by atoms with Gasteiger partial charge in [0, 0.05) is 25.3 Å². The molecule has 29 heavy (non-hydrogen) atoms. The number of nitrogens with zero attached hydrogens (tertiary/aromatic N) is 2. The van der Waals surface area contributed by atoms with Gasteiger partial charge in [-0.25, -0.2) is 9.78 Å². The number of benzene rings is 1. The predicted octanol–water partition coefficient (Wildman–Crippen LogP) is 5.04. The molecule has 1 atom stereocenters. The van der Waals surface area contributed by atoms with E-state index in [1.807, 2.05) is 32.0 Å². The molecule has 1 fully saturated rings. The molecule has 6 heteroatoms. The number of aliphatic hydroxyl groups excluding tert-OH is 1. The minimum absolute atomic E-state index is 0.0127. The Balaban J connectivity index is 1.75. The molecule has 0 amide bonds. The second kappa shape index (κ2) is 8.44. The summed E-state index contributed by atoms with van der Waals surface area (Å²) in [5.41, 5.74) is 4.39. The lowest BCUT2D eigenvalue weighted by Crippen LogP contribution is -2.22. The number of carbonyl (C=O) groups excluding carboxylic acids is 1. The third kappa shape index (κ3) is 4.19. The molecule has 0 aliphatic heterocycles. The first-order chi connectivity index (χ1) is 13.9. The van der Waals surface area contributed by atoms with Crippen LogP contribution in [-0.2, 0) is 11.2 Å². The molecule has 1 aromatic heterocycles. The van der Waals surface area contributed by atoms with Crippen LogP contribution in [0.4, 0.5) is 5.69 Å². The van der Waals surface area contributed by atoms with Crippen molar-refractivity contribution in [3.63, 3.8) is 0 Å². The summed E-state index contributed by atoms with van der Waals surface area (Å²) < 4.78 is 5.92. The summed E-state index contributed by atoms with van der Waals surface area (Å²) in [5, 5.41) is 11.2. The lowest BCUT2D eigenvalue weighted by molar-refractivity contribution is 0.0212. The van der Waals surface area contributed by atoms with E-state index in [1.165, 1.54) is 17.8 Å². The highest BCUT2D eigenvalue weighted by Crippen LogP contribution is 2.41. The monoisotopic (exact) mass is 414 g/mol. The Morgan fingerprint density at radius 1 is 1.17 bits per heavy atom. The van der Waals surface area contributed by atoms with E-state index in [0.717, 1.165) is 77.3 Å². The Kier molecular flexibility index (Phi) is 5.93.